The summed E-state index contributed by atoms with van der Waals surface area (Å²) in [7, 11) is 0. The molecule has 116 valence electrons. The van der Waals surface area contributed by atoms with Gasteiger partial charge in [0.05, 0.1) is 5.56 Å². The highest BCUT2D eigenvalue weighted by molar-refractivity contribution is 8.27. The fraction of sp³-hybridized carbons (Fsp3) is 0.0588. The molecule has 2 nitrogen and oxygen atoms in total. The molecule has 0 atom stereocenters. The first-order chi connectivity index (χ1) is 10.9. The number of hydrogen-bond donors (Lipinski definition) is 0. The smallest absolute Gasteiger partial charge is 0.279 e. The third-order valence-electron chi connectivity index (χ3n) is 3.18. The normalized spacial score (nSPS) is 16.7. The third kappa shape index (κ3) is 3.53. The van der Waals surface area contributed by atoms with Gasteiger partial charge in [0, 0.05) is 5.56 Å². The fourth-order valence-corrected chi connectivity index (χ4v) is 2.82. The first kappa shape index (κ1) is 15.6. The van der Waals surface area contributed by atoms with E-state index in [2.05, 4.69) is 4.99 Å². The van der Waals surface area contributed by atoms with Crippen molar-refractivity contribution in [3.05, 3.63) is 77.0 Å². The molecule has 0 bridgehead atoms. The number of aliphatic imine (C=N–C) groups is 1. The zero-order valence-corrected chi connectivity index (χ0v) is 12.5. The van der Waals surface area contributed by atoms with Crippen molar-refractivity contribution < 1.29 is 18.0 Å². The first-order valence-corrected chi connectivity index (χ1v) is 7.50. The second-order valence-electron chi connectivity index (χ2n) is 4.82. The summed E-state index contributed by atoms with van der Waals surface area (Å²) in [5.41, 5.74) is 0.843. The van der Waals surface area contributed by atoms with E-state index in [1.807, 2.05) is 30.3 Å². The molecule has 1 heterocycles. The lowest BCUT2D eigenvalue weighted by Gasteiger charge is -2.05. The van der Waals surface area contributed by atoms with Crippen molar-refractivity contribution >= 4 is 28.0 Å². The predicted octanol–water partition coefficient (Wildman–Crippen LogP) is 4.77. The van der Waals surface area contributed by atoms with E-state index in [-0.39, 0.29) is 10.8 Å². The van der Waals surface area contributed by atoms with Crippen molar-refractivity contribution in [1.82, 2.24) is 0 Å². The Morgan fingerprint density at radius 1 is 0.957 bits per heavy atom. The van der Waals surface area contributed by atoms with Crippen molar-refractivity contribution in [3.8, 4) is 0 Å². The highest BCUT2D eigenvalue weighted by Gasteiger charge is 2.30. The maximum absolute atomic E-state index is 12.5. The fourth-order valence-electron chi connectivity index (χ4n) is 2.04. The molecule has 3 rings (SSSR count). The monoisotopic (exact) mass is 333 g/mol. The van der Waals surface area contributed by atoms with Gasteiger partial charge in [0.25, 0.3) is 0 Å². The topological polar surface area (TPSA) is 29.4 Å². The number of alkyl halides is 3. The summed E-state index contributed by atoms with van der Waals surface area (Å²) in [6, 6.07) is 13.9. The Hall–Kier alpha value is -2.34. The van der Waals surface area contributed by atoms with Crippen LogP contribution in [0.5, 0.6) is 0 Å². The van der Waals surface area contributed by atoms with Crippen LogP contribution in [0.1, 0.15) is 16.7 Å². The zero-order valence-electron chi connectivity index (χ0n) is 11.7. The van der Waals surface area contributed by atoms with Crippen LogP contribution in [0.3, 0.4) is 0 Å². The van der Waals surface area contributed by atoms with Gasteiger partial charge in [0.1, 0.15) is 10.7 Å². The van der Waals surface area contributed by atoms with Gasteiger partial charge in [-0.2, -0.15) is 13.2 Å². The lowest BCUT2D eigenvalue weighted by molar-refractivity contribution is -0.137. The Kier molecular flexibility index (Phi) is 4.09. The predicted molar refractivity (Wildman–Crippen MR) is 85.0 cm³/mol. The Bertz CT molecular complexity index is 793. The molecule has 23 heavy (non-hydrogen) atoms. The Morgan fingerprint density at radius 2 is 1.61 bits per heavy atom. The molecule has 0 saturated heterocycles. The van der Waals surface area contributed by atoms with Crippen LogP contribution in [-0.2, 0) is 11.0 Å². The van der Waals surface area contributed by atoms with E-state index in [0.717, 1.165) is 29.5 Å². The largest absolute Gasteiger partial charge is 0.416 e. The molecular formula is C17H10F3NOS. The lowest BCUT2D eigenvalue weighted by Crippen LogP contribution is -2.04. The van der Waals surface area contributed by atoms with Crippen molar-refractivity contribution in [2.45, 2.75) is 6.18 Å². The Labute approximate surface area is 134 Å². The standard InChI is InChI=1S/C17H10F3NOS/c18-17(19,20)13-8-6-11(7-9-13)10-14-16(22)23-15(21-14)12-4-2-1-3-5-12/h1-10H/b14-10+. The van der Waals surface area contributed by atoms with E-state index in [9.17, 15) is 18.0 Å². The zero-order chi connectivity index (χ0) is 16.4. The average molecular weight is 333 g/mol. The highest BCUT2D eigenvalue weighted by atomic mass is 32.2. The van der Waals surface area contributed by atoms with Crippen LogP contribution >= 0.6 is 11.8 Å². The van der Waals surface area contributed by atoms with E-state index in [1.54, 1.807) is 0 Å². The first-order valence-electron chi connectivity index (χ1n) is 6.69. The SMILES string of the molecule is O=C1SC(c2ccccc2)=N/C1=C/c1ccc(C(F)(F)F)cc1. The molecule has 2 aromatic rings. The van der Waals surface area contributed by atoms with Crippen LogP contribution in [0.2, 0.25) is 0 Å². The number of nitrogens with zero attached hydrogens (tertiary/aromatic N) is 1. The van der Waals surface area contributed by atoms with Crippen molar-refractivity contribution in [1.29, 1.82) is 0 Å². The number of carbonyl (C=O) groups excluding carboxylic acids is 1. The second-order valence-corrected chi connectivity index (χ2v) is 5.78. The summed E-state index contributed by atoms with van der Waals surface area (Å²) >= 11 is 1.02. The van der Waals surface area contributed by atoms with Gasteiger partial charge in [-0.15, -0.1) is 0 Å². The molecule has 1 aliphatic heterocycles. The summed E-state index contributed by atoms with van der Waals surface area (Å²) in [5.74, 6) is 0. The van der Waals surface area contributed by atoms with Gasteiger partial charge in [-0.1, -0.05) is 42.5 Å². The molecule has 0 fully saturated rings. The number of hydrogen-bond acceptors (Lipinski definition) is 3. The Morgan fingerprint density at radius 3 is 2.22 bits per heavy atom. The van der Waals surface area contributed by atoms with Gasteiger partial charge >= 0.3 is 6.18 Å². The minimum Gasteiger partial charge on any atom is -0.279 e. The van der Waals surface area contributed by atoms with Gasteiger partial charge in [0.2, 0.25) is 5.12 Å². The van der Waals surface area contributed by atoms with E-state index in [4.69, 9.17) is 0 Å². The number of thioether (sulfide) groups is 1. The summed E-state index contributed by atoms with van der Waals surface area (Å²) in [6.07, 6.45) is -2.88. The van der Waals surface area contributed by atoms with E-state index >= 15 is 0 Å². The molecule has 0 unspecified atom stereocenters. The number of rotatable bonds is 2. The van der Waals surface area contributed by atoms with Crippen LogP contribution in [0.15, 0.2) is 65.3 Å². The van der Waals surface area contributed by atoms with Gasteiger partial charge in [0.15, 0.2) is 0 Å². The van der Waals surface area contributed by atoms with Crippen LogP contribution in [0, 0.1) is 0 Å². The van der Waals surface area contributed by atoms with Gasteiger partial charge in [-0.3, -0.25) is 4.79 Å². The lowest BCUT2D eigenvalue weighted by atomic mass is 10.1. The molecule has 0 saturated carbocycles. The molecule has 0 aromatic heterocycles. The summed E-state index contributed by atoms with van der Waals surface area (Å²) in [4.78, 5) is 16.3. The minimum atomic E-state index is -4.37. The molecule has 0 aliphatic carbocycles. The molecule has 6 heteroatoms. The average Bonchev–Trinajstić information content (AvgIpc) is 2.89. The van der Waals surface area contributed by atoms with Crippen LogP contribution in [0.25, 0.3) is 6.08 Å². The summed E-state index contributed by atoms with van der Waals surface area (Å²) in [6.45, 7) is 0. The molecular weight excluding hydrogens is 323 g/mol. The maximum atomic E-state index is 12.5. The van der Waals surface area contributed by atoms with Crippen molar-refractivity contribution in [2.75, 3.05) is 0 Å². The van der Waals surface area contributed by atoms with Crippen LogP contribution < -0.4 is 0 Å². The molecule has 0 amide bonds. The summed E-state index contributed by atoms with van der Waals surface area (Å²) < 4.78 is 37.6. The van der Waals surface area contributed by atoms with Crippen LogP contribution in [0.4, 0.5) is 13.2 Å². The molecule has 2 aromatic carbocycles. The number of carbonyl (C=O) groups is 1. The maximum Gasteiger partial charge on any atom is 0.416 e. The van der Waals surface area contributed by atoms with Gasteiger partial charge < -0.3 is 0 Å². The van der Waals surface area contributed by atoms with Crippen molar-refractivity contribution in [3.63, 3.8) is 0 Å². The van der Waals surface area contributed by atoms with Crippen molar-refractivity contribution in [2.24, 2.45) is 4.99 Å². The molecule has 0 spiro atoms. The van der Waals surface area contributed by atoms with Gasteiger partial charge in [-0.05, 0) is 35.5 Å². The molecule has 0 N–H and O–H groups in total. The van der Waals surface area contributed by atoms with E-state index in [1.165, 1.54) is 18.2 Å². The van der Waals surface area contributed by atoms with E-state index < -0.39 is 11.7 Å². The minimum absolute atomic E-state index is 0.219. The second kappa shape index (κ2) is 6.04. The number of benzene rings is 2. The summed E-state index contributed by atoms with van der Waals surface area (Å²) in [5, 5.41) is 0.373. The molecule has 0 radical (unpaired) electrons. The quantitative estimate of drug-likeness (QED) is 0.741. The van der Waals surface area contributed by atoms with Crippen LogP contribution in [-0.4, -0.2) is 10.2 Å². The molecule has 1 aliphatic rings. The Balaban J connectivity index is 1.88. The highest BCUT2D eigenvalue weighted by Crippen LogP contribution is 2.31. The third-order valence-corrected chi connectivity index (χ3v) is 4.10. The van der Waals surface area contributed by atoms with Gasteiger partial charge in [-0.25, -0.2) is 4.99 Å². The number of halogens is 3. The van der Waals surface area contributed by atoms with E-state index in [0.29, 0.717) is 10.6 Å².